The first kappa shape index (κ1) is 13.8. The third-order valence-electron chi connectivity index (χ3n) is 5.61. The second-order valence-electron chi connectivity index (χ2n) is 7.36. The van der Waals surface area contributed by atoms with E-state index in [4.69, 9.17) is 0 Å². The number of fused-ring (bicyclic) bond motifs is 1. The van der Waals surface area contributed by atoms with Crippen LogP contribution in [-0.2, 0) is 0 Å². The highest BCUT2D eigenvalue weighted by Gasteiger charge is 2.40. The van der Waals surface area contributed by atoms with Crippen molar-refractivity contribution in [3.8, 4) is 0 Å². The van der Waals surface area contributed by atoms with E-state index in [0.717, 1.165) is 24.0 Å². The van der Waals surface area contributed by atoms with Gasteiger partial charge in [0.25, 0.3) is 0 Å². The maximum Gasteiger partial charge on any atom is 0.0250 e. The van der Waals surface area contributed by atoms with E-state index in [0.29, 0.717) is 0 Å². The largest absolute Gasteiger partial charge is 0.305 e. The third-order valence-corrected chi connectivity index (χ3v) is 5.61. The molecule has 3 heterocycles. The molecule has 0 radical (unpaired) electrons. The number of piperidine rings is 1. The van der Waals surface area contributed by atoms with E-state index in [1.165, 1.54) is 58.4 Å². The van der Waals surface area contributed by atoms with E-state index in [1.807, 2.05) is 0 Å². The van der Waals surface area contributed by atoms with Gasteiger partial charge in [0, 0.05) is 37.8 Å². The van der Waals surface area contributed by atoms with Crippen LogP contribution in [0.2, 0.25) is 0 Å². The predicted octanol–water partition coefficient (Wildman–Crippen LogP) is 1.89. The van der Waals surface area contributed by atoms with Crippen molar-refractivity contribution in [2.75, 3.05) is 39.8 Å². The zero-order valence-corrected chi connectivity index (χ0v) is 13.0. The summed E-state index contributed by atoms with van der Waals surface area (Å²) in [4.78, 5) is 8.20. The van der Waals surface area contributed by atoms with Gasteiger partial charge in [-0.1, -0.05) is 13.8 Å². The SMILES string of the molecule is CC(C)C1CN2CCCC2CN1C1CCCN(C)C1. The van der Waals surface area contributed by atoms with Gasteiger partial charge in [0.15, 0.2) is 0 Å². The Morgan fingerprint density at radius 2 is 1.63 bits per heavy atom. The van der Waals surface area contributed by atoms with Crippen LogP contribution in [0.25, 0.3) is 0 Å². The lowest BCUT2D eigenvalue weighted by Crippen LogP contribution is -2.62. The van der Waals surface area contributed by atoms with Gasteiger partial charge in [-0.05, 0) is 51.7 Å². The lowest BCUT2D eigenvalue weighted by atomic mass is 9.93. The molecule has 3 rings (SSSR count). The van der Waals surface area contributed by atoms with Gasteiger partial charge in [0.1, 0.15) is 0 Å². The fourth-order valence-electron chi connectivity index (χ4n) is 4.49. The number of hydrogen-bond donors (Lipinski definition) is 0. The number of likely N-dealkylation sites (N-methyl/N-ethyl adjacent to an activating group) is 1. The van der Waals surface area contributed by atoms with Crippen LogP contribution < -0.4 is 0 Å². The molecule has 0 spiro atoms. The normalized spacial score (nSPS) is 38.8. The summed E-state index contributed by atoms with van der Waals surface area (Å²) in [6.07, 6.45) is 5.66. The van der Waals surface area contributed by atoms with Gasteiger partial charge in [-0.15, -0.1) is 0 Å². The second-order valence-corrected chi connectivity index (χ2v) is 7.36. The zero-order valence-electron chi connectivity index (χ0n) is 13.0. The molecule has 3 unspecified atom stereocenters. The molecule has 3 aliphatic heterocycles. The van der Waals surface area contributed by atoms with E-state index >= 15 is 0 Å². The van der Waals surface area contributed by atoms with Crippen LogP contribution in [0.4, 0.5) is 0 Å². The van der Waals surface area contributed by atoms with Crippen molar-refractivity contribution >= 4 is 0 Å². The van der Waals surface area contributed by atoms with Crippen LogP contribution >= 0.6 is 0 Å². The summed E-state index contributed by atoms with van der Waals surface area (Å²) in [7, 11) is 2.29. The van der Waals surface area contributed by atoms with E-state index in [1.54, 1.807) is 0 Å². The van der Waals surface area contributed by atoms with Gasteiger partial charge in [-0.25, -0.2) is 0 Å². The number of piperazine rings is 1. The molecule has 3 atom stereocenters. The molecule has 0 aromatic rings. The molecule has 0 bridgehead atoms. The number of nitrogens with zero attached hydrogens (tertiary/aromatic N) is 3. The summed E-state index contributed by atoms with van der Waals surface area (Å²) >= 11 is 0. The second kappa shape index (κ2) is 5.71. The monoisotopic (exact) mass is 265 g/mol. The Labute approximate surface area is 118 Å². The minimum atomic E-state index is 0.783. The molecule has 0 amide bonds. The Balaban J connectivity index is 1.72. The van der Waals surface area contributed by atoms with Gasteiger partial charge in [-0.2, -0.15) is 0 Å². The van der Waals surface area contributed by atoms with Crippen molar-refractivity contribution in [2.24, 2.45) is 5.92 Å². The van der Waals surface area contributed by atoms with Crippen molar-refractivity contribution in [2.45, 2.75) is 57.7 Å². The smallest absolute Gasteiger partial charge is 0.0250 e. The van der Waals surface area contributed by atoms with Crippen LogP contribution in [0, 0.1) is 5.92 Å². The summed E-state index contributed by atoms with van der Waals surface area (Å²) in [5.41, 5.74) is 0. The van der Waals surface area contributed by atoms with E-state index in [2.05, 4.69) is 35.6 Å². The summed E-state index contributed by atoms with van der Waals surface area (Å²) in [5, 5.41) is 0. The quantitative estimate of drug-likeness (QED) is 0.755. The van der Waals surface area contributed by atoms with E-state index in [-0.39, 0.29) is 0 Å². The van der Waals surface area contributed by atoms with Gasteiger partial charge in [-0.3, -0.25) is 9.80 Å². The molecule has 0 saturated carbocycles. The van der Waals surface area contributed by atoms with Crippen molar-refractivity contribution < 1.29 is 0 Å². The standard InChI is InChI=1S/C16H31N3/c1-13(2)16-12-18-9-5-6-14(18)11-19(16)15-7-4-8-17(3)10-15/h13-16H,4-12H2,1-3H3. The average molecular weight is 265 g/mol. The van der Waals surface area contributed by atoms with Gasteiger partial charge in [0.2, 0.25) is 0 Å². The van der Waals surface area contributed by atoms with E-state index in [9.17, 15) is 0 Å². The van der Waals surface area contributed by atoms with Gasteiger partial charge in [0.05, 0.1) is 0 Å². The highest BCUT2D eigenvalue weighted by molar-refractivity contribution is 4.96. The predicted molar refractivity (Wildman–Crippen MR) is 80.4 cm³/mol. The van der Waals surface area contributed by atoms with Crippen LogP contribution in [0.3, 0.4) is 0 Å². The number of likely N-dealkylation sites (tertiary alicyclic amines) is 1. The van der Waals surface area contributed by atoms with Crippen LogP contribution in [0.1, 0.15) is 39.5 Å². The average Bonchev–Trinajstić information content (AvgIpc) is 2.84. The third kappa shape index (κ3) is 2.84. The molecular formula is C16H31N3. The number of hydrogen-bond acceptors (Lipinski definition) is 3. The van der Waals surface area contributed by atoms with Crippen molar-refractivity contribution in [1.82, 2.24) is 14.7 Å². The molecule has 110 valence electrons. The molecule has 3 heteroatoms. The topological polar surface area (TPSA) is 9.72 Å². The molecule has 3 aliphatic rings. The molecule has 19 heavy (non-hydrogen) atoms. The Kier molecular flexibility index (Phi) is 4.16. The summed E-state index contributed by atoms with van der Waals surface area (Å²) in [6, 6.07) is 2.46. The summed E-state index contributed by atoms with van der Waals surface area (Å²) < 4.78 is 0. The molecule has 0 aromatic heterocycles. The highest BCUT2D eigenvalue weighted by Crippen LogP contribution is 2.31. The lowest BCUT2D eigenvalue weighted by Gasteiger charge is -2.50. The van der Waals surface area contributed by atoms with E-state index < -0.39 is 0 Å². The Hall–Kier alpha value is -0.120. The van der Waals surface area contributed by atoms with Crippen molar-refractivity contribution in [1.29, 1.82) is 0 Å². The zero-order chi connectivity index (χ0) is 13.4. The molecular weight excluding hydrogens is 234 g/mol. The minimum Gasteiger partial charge on any atom is -0.305 e. The van der Waals surface area contributed by atoms with Gasteiger partial charge >= 0.3 is 0 Å². The minimum absolute atomic E-state index is 0.783. The first-order valence-corrected chi connectivity index (χ1v) is 8.33. The molecule has 0 aromatic carbocycles. The van der Waals surface area contributed by atoms with Crippen LogP contribution in [0.5, 0.6) is 0 Å². The Morgan fingerprint density at radius 3 is 2.37 bits per heavy atom. The Bertz CT molecular complexity index is 304. The first-order valence-electron chi connectivity index (χ1n) is 8.33. The molecule has 0 aliphatic carbocycles. The van der Waals surface area contributed by atoms with Crippen molar-refractivity contribution in [3.05, 3.63) is 0 Å². The Morgan fingerprint density at radius 1 is 0.895 bits per heavy atom. The fraction of sp³-hybridized carbons (Fsp3) is 1.00. The molecule has 3 nitrogen and oxygen atoms in total. The van der Waals surface area contributed by atoms with Gasteiger partial charge < -0.3 is 4.90 Å². The number of rotatable bonds is 2. The molecule has 3 saturated heterocycles. The summed E-state index contributed by atoms with van der Waals surface area (Å²) in [6.45, 7) is 11.4. The fourth-order valence-corrected chi connectivity index (χ4v) is 4.49. The summed E-state index contributed by atoms with van der Waals surface area (Å²) in [5.74, 6) is 0.786. The van der Waals surface area contributed by atoms with Crippen LogP contribution in [-0.4, -0.2) is 72.6 Å². The van der Waals surface area contributed by atoms with Crippen molar-refractivity contribution in [3.63, 3.8) is 0 Å². The lowest BCUT2D eigenvalue weighted by molar-refractivity contribution is -0.0189. The highest BCUT2D eigenvalue weighted by atomic mass is 15.3. The molecule has 3 fully saturated rings. The van der Waals surface area contributed by atoms with Crippen LogP contribution in [0.15, 0.2) is 0 Å². The maximum absolute atomic E-state index is 2.90. The maximum atomic E-state index is 2.90. The molecule has 0 N–H and O–H groups in total. The first-order chi connectivity index (χ1) is 9.15.